The van der Waals surface area contributed by atoms with Crippen molar-refractivity contribution in [3.8, 4) is 17.0 Å². The molecule has 1 heterocycles. The molecular weight excluding hydrogens is 462 g/mol. The molecule has 0 radical (unpaired) electrons. The summed E-state index contributed by atoms with van der Waals surface area (Å²) in [5.74, 6) is 2.89. The fourth-order valence-corrected chi connectivity index (χ4v) is 6.34. The number of benzene rings is 1. The highest BCUT2D eigenvalue weighted by atomic mass is 16.5. The van der Waals surface area contributed by atoms with Crippen molar-refractivity contribution in [3.05, 3.63) is 48.2 Å². The molecule has 2 nitrogen and oxygen atoms in total. The maximum absolute atomic E-state index is 6.13. The SMILES string of the molecule is CCCCCCCCCc1ccc(-c2ccc(OCCCC3CCCCC3CCCCCCC)cc2)nc1. The Bertz CT molecular complexity index is 827. The minimum Gasteiger partial charge on any atom is -0.494 e. The number of aryl methyl sites for hydroxylation is 1. The summed E-state index contributed by atoms with van der Waals surface area (Å²) in [5.41, 5.74) is 3.58. The number of ether oxygens (including phenoxy) is 1. The lowest BCUT2D eigenvalue weighted by Gasteiger charge is -2.31. The van der Waals surface area contributed by atoms with Crippen LogP contribution in [0.3, 0.4) is 0 Å². The van der Waals surface area contributed by atoms with Gasteiger partial charge in [0.05, 0.1) is 12.3 Å². The molecule has 2 heteroatoms. The van der Waals surface area contributed by atoms with Gasteiger partial charge < -0.3 is 4.74 Å². The molecule has 0 N–H and O–H groups in total. The summed E-state index contributed by atoms with van der Waals surface area (Å²) in [4.78, 5) is 4.75. The van der Waals surface area contributed by atoms with Gasteiger partial charge in [0.2, 0.25) is 0 Å². The zero-order valence-corrected chi connectivity index (χ0v) is 24.9. The molecule has 212 valence electrons. The summed E-state index contributed by atoms with van der Waals surface area (Å²) in [6.07, 6.45) is 29.6. The average molecular weight is 520 g/mol. The highest BCUT2D eigenvalue weighted by molar-refractivity contribution is 5.60. The molecule has 2 aromatic rings. The van der Waals surface area contributed by atoms with Crippen molar-refractivity contribution in [1.82, 2.24) is 4.98 Å². The fraction of sp³-hybridized carbons (Fsp3) is 0.694. The summed E-state index contributed by atoms with van der Waals surface area (Å²) in [6.45, 7) is 5.43. The molecule has 2 unspecified atom stereocenters. The maximum atomic E-state index is 6.13. The number of hydrogen-bond acceptors (Lipinski definition) is 2. The molecule has 0 amide bonds. The smallest absolute Gasteiger partial charge is 0.119 e. The van der Waals surface area contributed by atoms with Gasteiger partial charge in [-0.3, -0.25) is 4.98 Å². The van der Waals surface area contributed by atoms with E-state index in [9.17, 15) is 0 Å². The lowest BCUT2D eigenvalue weighted by atomic mass is 9.74. The molecule has 0 bridgehead atoms. The standard InChI is InChI=1S/C36H57NO/c1-3-5-7-9-10-12-13-18-31-23-28-36(37-30-31)34-24-26-35(27-25-34)38-29-17-22-33-21-16-15-20-32(33)19-14-11-8-6-4-2/h23-28,30,32-33H,3-22,29H2,1-2H3. The van der Waals surface area contributed by atoms with Crippen LogP contribution in [0.4, 0.5) is 0 Å². The highest BCUT2D eigenvalue weighted by Gasteiger charge is 2.24. The summed E-state index contributed by atoms with van der Waals surface area (Å²) in [7, 11) is 0. The predicted molar refractivity (Wildman–Crippen MR) is 165 cm³/mol. The van der Waals surface area contributed by atoms with Crippen molar-refractivity contribution in [3.63, 3.8) is 0 Å². The Morgan fingerprint density at radius 1 is 0.658 bits per heavy atom. The van der Waals surface area contributed by atoms with Crippen LogP contribution in [0.1, 0.15) is 141 Å². The van der Waals surface area contributed by atoms with Crippen LogP contribution in [0.2, 0.25) is 0 Å². The Hall–Kier alpha value is -1.83. The summed E-state index contributed by atoms with van der Waals surface area (Å²) in [5, 5.41) is 0. The Kier molecular flexibility index (Phi) is 15.6. The first kappa shape index (κ1) is 30.7. The van der Waals surface area contributed by atoms with E-state index in [1.807, 2.05) is 0 Å². The third kappa shape index (κ3) is 11.9. The zero-order chi connectivity index (χ0) is 26.7. The molecule has 1 aromatic heterocycles. The van der Waals surface area contributed by atoms with Crippen molar-refractivity contribution in [2.45, 2.75) is 142 Å². The van der Waals surface area contributed by atoms with Crippen molar-refractivity contribution in [2.75, 3.05) is 6.61 Å². The van der Waals surface area contributed by atoms with Crippen molar-refractivity contribution >= 4 is 0 Å². The largest absolute Gasteiger partial charge is 0.494 e. The maximum Gasteiger partial charge on any atom is 0.119 e. The Morgan fingerprint density at radius 2 is 1.26 bits per heavy atom. The van der Waals surface area contributed by atoms with Crippen molar-refractivity contribution < 1.29 is 4.74 Å². The normalized spacial score (nSPS) is 17.5. The van der Waals surface area contributed by atoms with Gasteiger partial charge >= 0.3 is 0 Å². The van der Waals surface area contributed by atoms with E-state index in [1.54, 1.807) is 0 Å². The van der Waals surface area contributed by atoms with E-state index >= 15 is 0 Å². The van der Waals surface area contributed by atoms with E-state index in [1.165, 1.54) is 133 Å². The van der Waals surface area contributed by atoms with Gasteiger partial charge in [-0.15, -0.1) is 0 Å². The number of nitrogens with zero attached hydrogens (tertiary/aromatic N) is 1. The minimum atomic E-state index is 0.838. The Balaban J connectivity index is 1.32. The minimum absolute atomic E-state index is 0.838. The van der Waals surface area contributed by atoms with E-state index in [0.717, 1.165) is 36.3 Å². The molecule has 38 heavy (non-hydrogen) atoms. The molecule has 1 aromatic carbocycles. The molecule has 0 spiro atoms. The van der Waals surface area contributed by atoms with Crippen LogP contribution in [-0.4, -0.2) is 11.6 Å². The zero-order valence-electron chi connectivity index (χ0n) is 24.9. The van der Waals surface area contributed by atoms with Gasteiger partial charge in [0.15, 0.2) is 0 Å². The molecule has 1 aliphatic carbocycles. The first-order chi connectivity index (χ1) is 18.8. The van der Waals surface area contributed by atoms with Crippen LogP contribution >= 0.6 is 0 Å². The van der Waals surface area contributed by atoms with Gasteiger partial charge in [0, 0.05) is 11.8 Å². The lowest BCUT2D eigenvalue weighted by Crippen LogP contribution is -2.20. The number of unbranched alkanes of at least 4 members (excludes halogenated alkanes) is 10. The third-order valence-corrected chi connectivity index (χ3v) is 8.78. The third-order valence-electron chi connectivity index (χ3n) is 8.78. The van der Waals surface area contributed by atoms with E-state index in [-0.39, 0.29) is 0 Å². The van der Waals surface area contributed by atoms with Gasteiger partial charge in [0.1, 0.15) is 5.75 Å². The van der Waals surface area contributed by atoms with Crippen LogP contribution in [0.5, 0.6) is 5.75 Å². The Labute approximate surface area is 235 Å². The predicted octanol–water partition coefficient (Wildman–Crippen LogP) is 11.4. The van der Waals surface area contributed by atoms with Crippen molar-refractivity contribution in [2.24, 2.45) is 11.8 Å². The van der Waals surface area contributed by atoms with Crippen LogP contribution < -0.4 is 4.74 Å². The molecule has 0 saturated heterocycles. The van der Waals surface area contributed by atoms with Crippen molar-refractivity contribution in [1.29, 1.82) is 0 Å². The number of pyridine rings is 1. The average Bonchev–Trinajstić information content (AvgIpc) is 2.96. The monoisotopic (exact) mass is 519 g/mol. The number of aromatic nitrogens is 1. The molecule has 1 fully saturated rings. The number of hydrogen-bond donors (Lipinski definition) is 0. The Morgan fingerprint density at radius 3 is 1.89 bits per heavy atom. The van der Waals surface area contributed by atoms with E-state index in [0.29, 0.717) is 0 Å². The van der Waals surface area contributed by atoms with Crippen LogP contribution in [0.25, 0.3) is 11.3 Å². The second-order valence-electron chi connectivity index (χ2n) is 11.9. The van der Waals surface area contributed by atoms with Gasteiger partial charge in [-0.05, 0) is 73.4 Å². The summed E-state index contributed by atoms with van der Waals surface area (Å²) in [6, 6.07) is 13.0. The fourth-order valence-electron chi connectivity index (χ4n) is 6.34. The van der Waals surface area contributed by atoms with Gasteiger partial charge in [-0.1, -0.05) is 123 Å². The number of rotatable bonds is 20. The van der Waals surface area contributed by atoms with Crippen LogP contribution in [0, 0.1) is 11.8 Å². The van der Waals surface area contributed by atoms with Gasteiger partial charge in [-0.2, -0.15) is 0 Å². The van der Waals surface area contributed by atoms with E-state index < -0.39 is 0 Å². The summed E-state index contributed by atoms with van der Waals surface area (Å²) >= 11 is 0. The second kappa shape index (κ2) is 19.3. The molecule has 1 aliphatic rings. The van der Waals surface area contributed by atoms with E-state index in [2.05, 4.69) is 56.4 Å². The molecule has 0 aliphatic heterocycles. The second-order valence-corrected chi connectivity index (χ2v) is 11.9. The molecule has 2 atom stereocenters. The highest BCUT2D eigenvalue weighted by Crippen LogP contribution is 2.36. The molecular formula is C36H57NO. The molecule has 1 saturated carbocycles. The topological polar surface area (TPSA) is 22.1 Å². The van der Waals surface area contributed by atoms with Crippen LogP contribution in [-0.2, 0) is 6.42 Å². The molecule has 3 rings (SSSR count). The first-order valence-corrected chi connectivity index (χ1v) is 16.5. The first-order valence-electron chi connectivity index (χ1n) is 16.5. The van der Waals surface area contributed by atoms with E-state index in [4.69, 9.17) is 9.72 Å². The van der Waals surface area contributed by atoms with Crippen LogP contribution in [0.15, 0.2) is 42.6 Å². The summed E-state index contributed by atoms with van der Waals surface area (Å²) < 4.78 is 6.13. The lowest BCUT2D eigenvalue weighted by molar-refractivity contribution is 0.190. The van der Waals surface area contributed by atoms with Gasteiger partial charge in [0.25, 0.3) is 0 Å². The van der Waals surface area contributed by atoms with Gasteiger partial charge in [-0.25, -0.2) is 0 Å². The quantitative estimate of drug-likeness (QED) is 0.162.